The van der Waals surface area contributed by atoms with Gasteiger partial charge in [-0.05, 0) is 104 Å². The second kappa shape index (κ2) is 11.5. The summed E-state index contributed by atoms with van der Waals surface area (Å²) in [6.45, 7) is 4.18. The standard InChI is InChI=1S/C56H35NS/c1-2-3-16-35-34-55(45-23-10-4-17-37(45)38-18-5-11-24-46(38)55)49-32-43-41-21-8-14-27-51(41)57(36-29-30-54-44(31-36)42-22-9-15-28-53(42)58-54)52(43)33-50(49)56(35)47-25-12-6-19-39(47)40-20-7-13-26-48(40)56/h2-34H,1H2/b16-3-. The van der Waals surface area contributed by atoms with E-state index in [1.807, 2.05) is 17.4 Å². The van der Waals surface area contributed by atoms with E-state index in [-0.39, 0.29) is 0 Å². The molecular weight excluding hydrogens is 719 g/mol. The van der Waals surface area contributed by atoms with E-state index in [1.54, 1.807) is 0 Å². The zero-order chi connectivity index (χ0) is 38.2. The lowest BCUT2D eigenvalue weighted by atomic mass is 9.55. The van der Waals surface area contributed by atoms with Crippen LogP contribution in [0.1, 0.15) is 33.4 Å². The highest BCUT2D eigenvalue weighted by atomic mass is 32.1. The fourth-order valence-electron chi connectivity index (χ4n) is 11.3. The van der Waals surface area contributed by atoms with Crippen LogP contribution in [0.25, 0.3) is 69.9 Å². The minimum atomic E-state index is -0.581. The van der Waals surface area contributed by atoms with Gasteiger partial charge in [-0.25, -0.2) is 0 Å². The highest BCUT2D eigenvalue weighted by molar-refractivity contribution is 7.25. The number of fused-ring (bicyclic) bond motifs is 19. The van der Waals surface area contributed by atoms with Crippen LogP contribution in [-0.4, -0.2) is 4.57 Å². The smallest absolute Gasteiger partial charge is 0.0715 e. The molecule has 270 valence electrons. The molecule has 0 aliphatic heterocycles. The number of aromatic nitrogens is 1. The molecule has 0 radical (unpaired) electrons. The normalized spacial score (nSPS) is 15.3. The molecule has 2 heterocycles. The molecule has 1 nitrogen and oxygen atoms in total. The van der Waals surface area contributed by atoms with Crippen molar-refractivity contribution in [1.29, 1.82) is 0 Å². The molecule has 0 atom stereocenters. The third-order valence-corrected chi connectivity index (χ3v) is 14.6. The number of hydrogen-bond donors (Lipinski definition) is 0. The lowest BCUT2D eigenvalue weighted by Crippen LogP contribution is -2.40. The molecule has 2 spiro atoms. The minimum absolute atomic E-state index is 0.535. The van der Waals surface area contributed by atoms with Crippen molar-refractivity contribution in [1.82, 2.24) is 4.57 Å². The van der Waals surface area contributed by atoms with Crippen molar-refractivity contribution in [2.45, 2.75) is 10.8 Å². The Morgan fingerprint density at radius 1 is 0.448 bits per heavy atom. The Hall–Kier alpha value is -7.00. The van der Waals surface area contributed by atoms with Crippen molar-refractivity contribution in [3.8, 4) is 27.9 Å². The minimum Gasteiger partial charge on any atom is -0.309 e. The molecule has 13 rings (SSSR count). The van der Waals surface area contributed by atoms with Gasteiger partial charge in [0.15, 0.2) is 0 Å². The molecule has 0 fully saturated rings. The first-order valence-corrected chi connectivity index (χ1v) is 20.9. The van der Waals surface area contributed by atoms with Gasteiger partial charge in [0.1, 0.15) is 0 Å². The van der Waals surface area contributed by atoms with Gasteiger partial charge in [-0.1, -0.05) is 164 Å². The number of allylic oxidation sites excluding steroid dienone is 5. The van der Waals surface area contributed by atoms with Gasteiger partial charge in [0.25, 0.3) is 0 Å². The van der Waals surface area contributed by atoms with Gasteiger partial charge in [0.05, 0.1) is 21.9 Å². The topological polar surface area (TPSA) is 4.93 Å². The van der Waals surface area contributed by atoms with Crippen LogP contribution in [0.4, 0.5) is 0 Å². The fraction of sp³-hybridized carbons (Fsp3) is 0.0357. The second-order valence-electron chi connectivity index (χ2n) is 16.0. The summed E-state index contributed by atoms with van der Waals surface area (Å²) in [6, 6.07) is 66.4. The monoisotopic (exact) mass is 753 g/mol. The Morgan fingerprint density at radius 3 is 1.71 bits per heavy atom. The summed E-state index contributed by atoms with van der Waals surface area (Å²) in [5.74, 6) is 0. The van der Waals surface area contributed by atoms with Crippen molar-refractivity contribution in [2.24, 2.45) is 0 Å². The van der Waals surface area contributed by atoms with Crippen molar-refractivity contribution < 1.29 is 0 Å². The fourth-order valence-corrected chi connectivity index (χ4v) is 12.3. The van der Waals surface area contributed by atoms with E-state index in [2.05, 4.69) is 205 Å². The molecule has 3 aliphatic rings. The maximum Gasteiger partial charge on any atom is 0.0715 e. The van der Waals surface area contributed by atoms with E-state index < -0.39 is 10.8 Å². The van der Waals surface area contributed by atoms with E-state index in [0.717, 1.165) is 0 Å². The number of hydrogen-bond acceptors (Lipinski definition) is 1. The van der Waals surface area contributed by atoms with Crippen molar-refractivity contribution in [2.75, 3.05) is 0 Å². The van der Waals surface area contributed by atoms with E-state index in [1.165, 1.54) is 109 Å². The summed E-state index contributed by atoms with van der Waals surface area (Å²) >= 11 is 1.87. The predicted octanol–water partition coefficient (Wildman–Crippen LogP) is 14.5. The first kappa shape index (κ1) is 32.1. The van der Waals surface area contributed by atoms with Crippen molar-refractivity contribution >= 4 is 53.3 Å². The average Bonchev–Trinajstić information content (AvgIpc) is 3.99. The van der Waals surface area contributed by atoms with Gasteiger partial charge in [-0.2, -0.15) is 0 Å². The number of benzene rings is 8. The maximum absolute atomic E-state index is 4.18. The number of thiophene rings is 1. The number of nitrogens with zero attached hydrogens (tertiary/aromatic N) is 1. The molecule has 0 saturated heterocycles. The Balaban J connectivity index is 1.24. The van der Waals surface area contributed by atoms with Gasteiger partial charge < -0.3 is 4.57 Å². The Morgan fingerprint density at radius 2 is 1.02 bits per heavy atom. The van der Waals surface area contributed by atoms with E-state index in [0.29, 0.717) is 0 Å². The van der Waals surface area contributed by atoms with Gasteiger partial charge in [-0.3, -0.25) is 0 Å². The molecule has 2 heteroatoms. The van der Waals surface area contributed by atoms with Crippen LogP contribution in [0.2, 0.25) is 0 Å². The van der Waals surface area contributed by atoms with Gasteiger partial charge in [0.2, 0.25) is 0 Å². The van der Waals surface area contributed by atoms with Crippen LogP contribution in [0.3, 0.4) is 0 Å². The van der Waals surface area contributed by atoms with E-state index >= 15 is 0 Å². The third-order valence-electron chi connectivity index (χ3n) is 13.4. The van der Waals surface area contributed by atoms with Gasteiger partial charge in [0, 0.05) is 36.6 Å². The summed E-state index contributed by atoms with van der Waals surface area (Å²) in [5, 5.41) is 5.13. The molecule has 0 N–H and O–H groups in total. The quantitative estimate of drug-likeness (QED) is 0.158. The van der Waals surface area contributed by atoms with Crippen LogP contribution < -0.4 is 0 Å². The maximum atomic E-state index is 4.18. The average molecular weight is 754 g/mol. The second-order valence-corrected chi connectivity index (χ2v) is 17.1. The number of rotatable bonds is 3. The van der Waals surface area contributed by atoms with Crippen LogP contribution in [0.15, 0.2) is 212 Å². The lowest BCUT2D eigenvalue weighted by Gasteiger charge is -2.46. The van der Waals surface area contributed by atoms with Gasteiger partial charge >= 0.3 is 0 Å². The molecular formula is C56H35NS. The van der Waals surface area contributed by atoms with Gasteiger partial charge in [-0.15, -0.1) is 11.3 Å². The van der Waals surface area contributed by atoms with Crippen LogP contribution in [0, 0.1) is 0 Å². The summed E-state index contributed by atoms with van der Waals surface area (Å²) in [5.41, 5.74) is 16.9. The van der Waals surface area contributed by atoms with Crippen LogP contribution >= 0.6 is 11.3 Å². The molecule has 0 bridgehead atoms. The summed E-state index contributed by atoms with van der Waals surface area (Å²) in [6.07, 6.45) is 9.03. The molecule has 8 aromatic carbocycles. The van der Waals surface area contributed by atoms with Crippen LogP contribution in [0.5, 0.6) is 0 Å². The Bertz CT molecular complexity index is 3400. The van der Waals surface area contributed by atoms with Crippen molar-refractivity contribution in [3.63, 3.8) is 0 Å². The predicted molar refractivity (Wildman–Crippen MR) is 245 cm³/mol. The zero-order valence-electron chi connectivity index (χ0n) is 31.6. The lowest BCUT2D eigenvalue weighted by molar-refractivity contribution is 0.661. The van der Waals surface area contributed by atoms with E-state index in [9.17, 15) is 0 Å². The molecule has 58 heavy (non-hydrogen) atoms. The molecule has 2 aromatic heterocycles. The largest absolute Gasteiger partial charge is 0.309 e. The Kier molecular flexibility index (Phi) is 6.39. The molecule has 3 aliphatic carbocycles. The van der Waals surface area contributed by atoms with E-state index in [4.69, 9.17) is 0 Å². The first-order chi connectivity index (χ1) is 28.7. The summed E-state index contributed by atoms with van der Waals surface area (Å²) in [4.78, 5) is 0. The SMILES string of the molecule is C=C/C=C\C1=CC2(c3ccccc3-c3ccccc32)c2cc3c4ccccc4n(-c4ccc5sc6ccccc6c5c4)c3cc2C12c1ccccc1-c1ccccc12. The third kappa shape index (κ3) is 3.86. The van der Waals surface area contributed by atoms with Crippen molar-refractivity contribution in [3.05, 3.63) is 246 Å². The molecule has 0 saturated carbocycles. The highest BCUT2D eigenvalue weighted by Crippen LogP contribution is 2.66. The number of para-hydroxylation sites is 1. The highest BCUT2D eigenvalue weighted by Gasteiger charge is 2.56. The summed E-state index contributed by atoms with van der Waals surface area (Å²) in [7, 11) is 0. The molecule has 0 unspecified atom stereocenters. The van der Waals surface area contributed by atoms with Crippen LogP contribution in [-0.2, 0) is 10.8 Å². The first-order valence-electron chi connectivity index (χ1n) is 20.1. The Labute approximate surface area is 340 Å². The zero-order valence-corrected chi connectivity index (χ0v) is 32.4. The summed E-state index contributed by atoms with van der Waals surface area (Å²) < 4.78 is 5.16. The molecule has 10 aromatic rings. The molecule has 0 amide bonds.